The summed E-state index contributed by atoms with van der Waals surface area (Å²) in [5.74, 6) is 1.11. The van der Waals surface area contributed by atoms with Crippen molar-refractivity contribution in [3.05, 3.63) is 41.4 Å². The molecule has 1 aromatic carbocycles. The quantitative estimate of drug-likeness (QED) is 0.624. The first kappa shape index (κ1) is 18.5. The third-order valence-corrected chi connectivity index (χ3v) is 3.28. The summed E-state index contributed by atoms with van der Waals surface area (Å²) in [6, 6.07) is 6.10. The van der Waals surface area contributed by atoms with Crippen LogP contribution in [0.25, 0.3) is 0 Å². The molecule has 1 aromatic rings. The first-order valence-corrected chi connectivity index (χ1v) is 7.38. The molecule has 0 radical (unpaired) electrons. The van der Waals surface area contributed by atoms with Gasteiger partial charge in [0.15, 0.2) is 0 Å². The van der Waals surface area contributed by atoms with Crippen LogP contribution < -0.4 is 0 Å². The number of nitrogens with zero attached hydrogens (tertiary/aromatic N) is 1. The molecule has 0 spiro atoms. The first-order chi connectivity index (χ1) is 9.54. The van der Waals surface area contributed by atoms with Gasteiger partial charge in [0.2, 0.25) is 0 Å². The first-order valence-electron chi connectivity index (χ1n) is 7.00. The van der Waals surface area contributed by atoms with E-state index in [4.69, 9.17) is 22.0 Å². The molecule has 0 atom stereocenters. The van der Waals surface area contributed by atoms with Crippen LogP contribution in [0.5, 0.6) is 5.75 Å². The monoisotopic (exact) mass is 293 g/mol. The highest BCUT2D eigenvalue weighted by atomic mass is 35.5. The van der Waals surface area contributed by atoms with Gasteiger partial charge >= 0.3 is 0 Å². The maximum absolute atomic E-state index is 8.84. The topological polar surface area (TPSA) is 44.0 Å². The molecular weight excluding hydrogens is 270 g/mol. The van der Waals surface area contributed by atoms with E-state index in [9.17, 15) is 0 Å². The normalized spacial score (nSPS) is 13.9. The highest BCUT2D eigenvalue weighted by molar-refractivity contribution is 6.31. The van der Waals surface area contributed by atoms with E-state index in [1.807, 2.05) is 13.0 Å². The maximum atomic E-state index is 8.84. The zero-order valence-electron chi connectivity index (χ0n) is 12.4. The SMILES string of the molecule is C=CC.CC1CCCCC1.N#Cc1ccc(O)cc1Cl. The van der Waals surface area contributed by atoms with E-state index in [1.54, 1.807) is 6.08 Å². The Morgan fingerprint density at radius 1 is 1.35 bits per heavy atom. The summed E-state index contributed by atoms with van der Waals surface area (Å²) in [6.07, 6.45) is 9.19. The van der Waals surface area contributed by atoms with Gasteiger partial charge in [-0.3, -0.25) is 0 Å². The molecule has 0 heterocycles. The molecule has 1 N–H and O–H groups in total. The number of rotatable bonds is 0. The van der Waals surface area contributed by atoms with Gasteiger partial charge in [0.05, 0.1) is 10.6 Å². The average molecular weight is 294 g/mol. The molecule has 3 heteroatoms. The van der Waals surface area contributed by atoms with Gasteiger partial charge in [0, 0.05) is 0 Å². The van der Waals surface area contributed by atoms with Crippen molar-refractivity contribution in [2.24, 2.45) is 5.92 Å². The molecule has 1 aliphatic carbocycles. The minimum Gasteiger partial charge on any atom is -0.508 e. The molecule has 0 aliphatic heterocycles. The van der Waals surface area contributed by atoms with Gasteiger partial charge in [-0.1, -0.05) is 56.7 Å². The minimum absolute atomic E-state index is 0.0731. The highest BCUT2D eigenvalue weighted by Crippen LogP contribution is 2.22. The Hall–Kier alpha value is -1.46. The Morgan fingerprint density at radius 2 is 1.90 bits per heavy atom. The summed E-state index contributed by atoms with van der Waals surface area (Å²) in [6.45, 7) is 7.61. The van der Waals surface area contributed by atoms with Crippen molar-refractivity contribution < 1.29 is 5.11 Å². The Balaban J connectivity index is 0.000000315. The number of phenols is 1. The molecule has 0 saturated heterocycles. The fourth-order valence-corrected chi connectivity index (χ4v) is 2.12. The Kier molecular flexibility index (Phi) is 10.5. The number of phenolic OH excluding ortho intramolecular Hbond substituents is 1. The molecule has 1 aliphatic rings. The summed E-state index contributed by atoms with van der Waals surface area (Å²) in [7, 11) is 0. The Bertz CT molecular complexity index is 431. The van der Waals surface area contributed by atoms with E-state index in [2.05, 4.69) is 13.5 Å². The second-order valence-electron chi connectivity index (χ2n) is 4.93. The fraction of sp³-hybridized carbons (Fsp3) is 0.471. The van der Waals surface area contributed by atoms with Crippen molar-refractivity contribution in [3.63, 3.8) is 0 Å². The molecular formula is C17H24ClNO. The van der Waals surface area contributed by atoms with Crippen LogP contribution in [-0.2, 0) is 0 Å². The summed E-state index contributed by atoms with van der Waals surface area (Å²) in [4.78, 5) is 0. The van der Waals surface area contributed by atoms with Gasteiger partial charge in [-0.05, 0) is 31.0 Å². The summed E-state index contributed by atoms with van der Waals surface area (Å²) < 4.78 is 0. The van der Waals surface area contributed by atoms with Crippen LogP contribution in [0.4, 0.5) is 0 Å². The number of aromatic hydroxyl groups is 1. The Labute approximate surface area is 127 Å². The number of allylic oxidation sites excluding steroid dienone is 1. The van der Waals surface area contributed by atoms with Crippen LogP contribution in [0.3, 0.4) is 0 Å². The molecule has 1 saturated carbocycles. The lowest BCUT2D eigenvalue weighted by atomic mass is 9.91. The van der Waals surface area contributed by atoms with E-state index in [-0.39, 0.29) is 10.8 Å². The maximum Gasteiger partial charge on any atom is 0.117 e. The molecule has 2 rings (SSSR count). The van der Waals surface area contributed by atoms with Gasteiger partial charge in [-0.25, -0.2) is 0 Å². The van der Waals surface area contributed by atoms with Gasteiger partial charge in [-0.15, -0.1) is 6.58 Å². The predicted octanol–water partition coefficient (Wildman–Crippen LogP) is 5.70. The number of hydrogen-bond donors (Lipinski definition) is 1. The smallest absolute Gasteiger partial charge is 0.117 e. The van der Waals surface area contributed by atoms with Gasteiger partial charge < -0.3 is 5.11 Å². The van der Waals surface area contributed by atoms with Gasteiger partial charge in [-0.2, -0.15) is 5.26 Å². The van der Waals surface area contributed by atoms with Crippen LogP contribution in [0.15, 0.2) is 30.9 Å². The lowest BCUT2D eigenvalue weighted by molar-refractivity contribution is 0.385. The summed E-state index contributed by atoms with van der Waals surface area (Å²) in [5, 5.41) is 17.5. The minimum atomic E-state index is 0.0731. The number of nitriles is 1. The molecule has 1 fully saturated rings. The molecule has 0 amide bonds. The molecule has 0 unspecified atom stereocenters. The zero-order chi connectivity index (χ0) is 15.4. The van der Waals surface area contributed by atoms with Crippen LogP contribution in [-0.4, -0.2) is 5.11 Å². The van der Waals surface area contributed by atoms with Crippen molar-refractivity contribution >= 4 is 11.6 Å². The number of benzene rings is 1. The van der Waals surface area contributed by atoms with E-state index >= 15 is 0 Å². The number of hydrogen-bond acceptors (Lipinski definition) is 2. The second-order valence-corrected chi connectivity index (χ2v) is 5.33. The second kappa shape index (κ2) is 11.4. The molecule has 110 valence electrons. The van der Waals surface area contributed by atoms with Crippen molar-refractivity contribution in [2.45, 2.75) is 46.0 Å². The van der Waals surface area contributed by atoms with E-state index < -0.39 is 0 Å². The lowest BCUT2D eigenvalue weighted by Gasteiger charge is -2.15. The van der Waals surface area contributed by atoms with Crippen LogP contribution in [0.1, 0.15) is 51.5 Å². The van der Waals surface area contributed by atoms with Gasteiger partial charge in [0.25, 0.3) is 0 Å². The predicted molar refractivity (Wildman–Crippen MR) is 86.0 cm³/mol. The molecule has 0 aromatic heterocycles. The standard InChI is InChI=1S/C7H4ClNO.C7H14.C3H6/c8-7-3-6(10)2-1-5(7)4-9;1-7-5-3-2-4-6-7;1-3-2/h1-3,10H;7H,2-6H2,1H3;3H,1H2,2H3. The van der Waals surface area contributed by atoms with E-state index in [0.717, 1.165) is 5.92 Å². The fourth-order valence-electron chi connectivity index (χ4n) is 1.90. The van der Waals surface area contributed by atoms with Crippen molar-refractivity contribution in [1.29, 1.82) is 5.26 Å². The number of halogens is 1. The van der Waals surface area contributed by atoms with Crippen molar-refractivity contribution in [2.75, 3.05) is 0 Å². The van der Waals surface area contributed by atoms with Crippen molar-refractivity contribution in [3.8, 4) is 11.8 Å². The van der Waals surface area contributed by atoms with E-state index in [0.29, 0.717) is 5.56 Å². The van der Waals surface area contributed by atoms with Crippen LogP contribution in [0.2, 0.25) is 5.02 Å². The highest BCUT2D eigenvalue weighted by Gasteiger charge is 2.05. The largest absolute Gasteiger partial charge is 0.508 e. The third-order valence-electron chi connectivity index (χ3n) is 2.97. The lowest BCUT2D eigenvalue weighted by Crippen LogP contribution is -1.99. The van der Waals surface area contributed by atoms with Gasteiger partial charge in [0.1, 0.15) is 11.8 Å². The zero-order valence-corrected chi connectivity index (χ0v) is 13.2. The third kappa shape index (κ3) is 8.61. The molecule has 2 nitrogen and oxygen atoms in total. The average Bonchev–Trinajstić information content (AvgIpc) is 2.41. The Morgan fingerprint density at radius 3 is 2.25 bits per heavy atom. The molecule has 0 bridgehead atoms. The summed E-state index contributed by atoms with van der Waals surface area (Å²) in [5.41, 5.74) is 0.375. The van der Waals surface area contributed by atoms with Crippen LogP contribution in [0, 0.1) is 17.2 Å². The van der Waals surface area contributed by atoms with E-state index in [1.165, 1.54) is 50.3 Å². The molecule has 20 heavy (non-hydrogen) atoms. The summed E-state index contributed by atoms with van der Waals surface area (Å²) >= 11 is 5.55. The van der Waals surface area contributed by atoms with Crippen LogP contribution >= 0.6 is 11.6 Å². The van der Waals surface area contributed by atoms with Crippen molar-refractivity contribution in [1.82, 2.24) is 0 Å².